The lowest BCUT2D eigenvalue weighted by molar-refractivity contribution is -0.126. The van der Waals surface area contributed by atoms with Crippen molar-refractivity contribution in [2.75, 3.05) is 13.2 Å². The lowest BCUT2D eigenvalue weighted by atomic mass is 10.1. The van der Waals surface area contributed by atoms with Crippen LogP contribution < -0.4 is 5.32 Å². The number of rotatable bonds is 7. The van der Waals surface area contributed by atoms with Crippen LogP contribution in [0.5, 0.6) is 0 Å². The summed E-state index contributed by atoms with van der Waals surface area (Å²) in [6, 6.07) is 4.30. The van der Waals surface area contributed by atoms with Gasteiger partial charge in [-0.3, -0.25) is 14.5 Å². The van der Waals surface area contributed by atoms with Crippen LogP contribution in [-0.4, -0.2) is 54.5 Å². The fraction of sp³-hybridized carbons (Fsp3) is 0.348. The Bertz CT molecular complexity index is 1310. The maximum Gasteiger partial charge on any atom is 0.242 e. The number of aromatic nitrogens is 6. The third-order valence-corrected chi connectivity index (χ3v) is 5.81. The number of carbonyl (C=O) groups excluding carboxylic acids is 1. The number of carbonyl (C=O) groups is 1. The third-order valence-electron chi connectivity index (χ3n) is 5.63. The molecule has 0 aromatic carbocycles. The Morgan fingerprint density at radius 2 is 2.09 bits per heavy atom. The Morgan fingerprint density at radius 3 is 2.82 bits per heavy atom. The van der Waals surface area contributed by atoms with Crippen LogP contribution >= 0.6 is 11.6 Å². The second-order valence-corrected chi connectivity index (χ2v) is 8.80. The Morgan fingerprint density at radius 1 is 1.24 bits per heavy atom. The summed E-state index contributed by atoms with van der Waals surface area (Å²) in [4.78, 5) is 25.1. The van der Waals surface area contributed by atoms with E-state index in [0.29, 0.717) is 19.6 Å². The van der Waals surface area contributed by atoms with E-state index in [2.05, 4.69) is 56.0 Å². The molecule has 0 unspecified atom stereocenters. The van der Waals surface area contributed by atoms with Crippen LogP contribution in [0.1, 0.15) is 31.3 Å². The molecule has 0 radical (unpaired) electrons. The van der Waals surface area contributed by atoms with Gasteiger partial charge in [0, 0.05) is 59.5 Å². The van der Waals surface area contributed by atoms with E-state index in [1.54, 1.807) is 17.1 Å². The number of fused-ring (bicyclic) bond motifs is 1. The third kappa shape index (κ3) is 4.60. The molecule has 4 aromatic rings. The first kappa shape index (κ1) is 21.5. The summed E-state index contributed by atoms with van der Waals surface area (Å²) in [5, 5.41) is 8.59. The van der Waals surface area contributed by atoms with Gasteiger partial charge in [-0.15, -0.1) is 0 Å². The summed E-state index contributed by atoms with van der Waals surface area (Å²) in [6.07, 6.45) is 9.91. The van der Waals surface area contributed by atoms with E-state index in [1.807, 2.05) is 18.5 Å². The van der Waals surface area contributed by atoms with Crippen molar-refractivity contribution >= 4 is 28.4 Å². The first-order valence-electron chi connectivity index (χ1n) is 10.8. The minimum Gasteiger partial charge on any atom is -0.377 e. The number of hydrogen-bond donors (Lipinski definition) is 1. The van der Waals surface area contributed by atoms with Crippen molar-refractivity contribution in [1.29, 1.82) is 0 Å². The van der Waals surface area contributed by atoms with Crippen LogP contribution in [0.2, 0.25) is 5.28 Å². The topological polar surface area (TPSA) is 99.8 Å². The highest BCUT2D eigenvalue weighted by Gasteiger charge is 2.21. The molecule has 1 aliphatic heterocycles. The summed E-state index contributed by atoms with van der Waals surface area (Å²) in [7, 11) is 0. The zero-order valence-corrected chi connectivity index (χ0v) is 19.2. The van der Waals surface area contributed by atoms with Crippen molar-refractivity contribution in [2.45, 2.75) is 38.9 Å². The molecule has 10 heteroatoms. The Balaban J connectivity index is 1.42. The predicted octanol–water partition coefficient (Wildman–Crippen LogP) is 3.03. The number of ether oxygens (including phenoxy) is 1. The maximum absolute atomic E-state index is 12.2. The van der Waals surface area contributed by atoms with Crippen LogP contribution in [0.25, 0.3) is 22.0 Å². The van der Waals surface area contributed by atoms with Gasteiger partial charge in [0.25, 0.3) is 0 Å². The first-order chi connectivity index (χ1) is 16.0. The van der Waals surface area contributed by atoms with E-state index in [4.69, 9.17) is 16.3 Å². The average molecular weight is 466 g/mol. The summed E-state index contributed by atoms with van der Waals surface area (Å²) >= 11 is 5.93. The van der Waals surface area contributed by atoms with Gasteiger partial charge in [-0.1, -0.05) is 0 Å². The first-order valence-corrected chi connectivity index (χ1v) is 11.2. The highest BCUT2D eigenvalue weighted by atomic mass is 35.5. The van der Waals surface area contributed by atoms with Gasteiger partial charge in [0.15, 0.2) is 0 Å². The van der Waals surface area contributed by atoms with Crippen molar-refractivity contribution < 1.29 is 9.53 Å². The molecular formula is C23H24ClN7O2. The molecule has 9 nitrogen and oxygen atoms in total. The fourth-order valence-corrected chi connectivity index (χ4v) is 4.09. The van der Waals surface area contributed by atoms with Gasteiger partial charge in [-0.25, -0.2) is 9.97 Å². The molecule has 0 spiro atoms. The zero-order chi connectivity index (χ0) is 22.9. The summed E-state index contributed by atoms with van der Waals surface area (Å²) < 4.78 is 8.98. The summed E-state index contributed by atoms with van der Waals surface area (Å²) in [5.74, 6) is -0.0707. The van der Waals surface area contributed by atoms with E-state index in [-0.39, 0.29) is 29.8 Å². The normalized spacial score (nSPS) is 14.1. The average Bonchev–Trinajstić information content (AvgIpc) is 3.35. The summed E-state index contributed by atoms with van der Waals surface area (Å²) in [5.41, 5.74) is 4.77. The monoisotopic (exact) mass is 465 g/mol. The Labute approximate surface area is 195 Å². The SMILES string of the molecule is CC(C)n1cc(-c2cnn(CC(=O)NC3COC3)c2)c2cnc(Cc3ccnc(Cl)n3)cc21. The summed E-state index contributed by atoms with van der Waals surface area (Å²) in [6.45, 7) is 5.61. The molecule has 1 aliphatic rings. The van der Waals surface area contributed by atoms with Gasteiger partial charge in [0.2, 0.25) is 11.2 Å². The zero-order valence-electron chi connectivity index (χ0n) is 18.4. The molecular weight excluding hydrogens is 442 g/mol. The molecule has 170 valence electrons. The van der Waals surface area contributed by atoms with Gasteiger partial charge in [-0.2, -0.15) is 5.10 Å². The highest BCUT2D eigenvalue weighted by molar-refractivity contribution is 6.28. The highest BCUT2D eigenvalue weighted by Crippen LogP contribution is 2.32. The molecule has 5 heterocycles. The Kier molecular flexibility index (Phi) is 5.82. The van der Waals surface area contributed by atoms with Crippen LogP contribution in [-0.2, 0) is 22.5 Å². The molecule has 1 N–H and O–H groups in total. The quantitative estimate of drug-likeness (QED) is 0.421. The van der Waals surface area contributed by atoms with Crippen molar-refractivity contribution in [2.24, 2.45) is 0 Å². The number of halogens is 1. The van der Waals surface area contributed by atoms with Gasteiger partial charge < -0.3 is 14.6 Å². The minimum atomic E-state index is -0.0707. The molecule has 1 amide bonds. The second kappa shape index (κ2) is 8.92. The molecule has 0 aliphatic carbocycles. The number of nitrogens with zero attached hydrogens (tertiary/aromatic N) is 6. The van der Waals surface area contributed by atoms with E-state index in [9.17, 15) is 4.79 Å². The van der Waals surface area contributed by atoms with Crippen LogP contribution in [0, 0.1) is 0 Å². The molecule has 4 aromatic heterocycles. The number of pyridine rings is 1. The smallest absolute Gasteiger partial charge is 0.242 e. The molecule has 0 bridgehead atoms. The van der Waals surface area contributed by atoms with Crippen molar-refractivity contribution in [3.8, 4) is 11.1 Å². The lowest BCUT2D eigenvalue weighted by Crippen LogP contribution is -2.49. The van der Waals surface area contributed by atoms with Crippen molar-refractivity contribution in [3.63, 3.8) is 0 Å². The standard InChI is InChI=1S/C23H24ClN7O2/c1-14(2)31-10-20(15-7-27-30(9-15)11-22(32)28-18-12-33-13-18)19-8-26-17(6-21(19)31)5-16-3-4-25-23(24)29-16/h3-4,6-10,14,18H,5,11-13H2,1-2H3,(H,28,32). The number of hydrogen-bond acceptors (Lipinski definition) is 6. The van der Waals surface area contributed by atoms with Gasteiger partial charge in [0.1, 0.15) is 6.54 Å². The molecule has 0 atom stereocenters. The van der Waals surface area contributed by atoms with Crippen molar-refractivity contribution in [1.82, 2.24) is 34.6 Å². The van der Waals surface area contributed by atoms with E-state index in [1.165, 1.54) is 0 Å². The van der Waals surface area contributed by atoms with Crippen molar-refractivity contribution in [3.05, 3.63) is 59.8 Å². The van der Waals surface area contributed by atoms with Crippen LogP contribution in [0.3, 0.4) is 0 Å². The van der Waals surface area contributed by atoms with E-state index < -0.39 is 0 Å². The minimum absolute atomic E-state index is 0.0707. The maximum atomic E-state index is 12.2. The number of amides is 1. The Hall–Kier alpha value is -3.30. The van der Waals surface area contributed by atoms with E-state index >= 15 is 0 Å². The van der Waals surface area contributed by atoms with Crippen LogP contribution in [0.4, 0.5) is 0 Å². The van der Waals surface area contributed by atoms with E-state index in [0.717, 1.165) is 33.4 Å². The largest absolute Gasteiger partial charge is 0.377 e. The molecule has 5 rings (SSSR count). The molecule has 0 saturated carbocycles. The van der Waals surface area contributed by atoms with Gasteiger partial charge >= 0.3 is 0 Å². The van der Waals surface area contributed by atoms with Crippen LogP contribution in [0.15, 0.2) is 43.1 Å². The number of nitrogens with one attached hydrogen (secondary N) is 1. The van der Waals surface area contributed by atoms with Gasteiger partial charge in [-0.05, 0) is 37.6 Å². The predicted molar refractivity (Wildman–Crippen MR) is 124 cm³/mol. The second-order valence-electron chi connectivity index (χ2n) is 8.46. The van der Waals surface area contributed by atoms with Gasteiger partial charge in [0.05, 0.1) is 36.7 Å². The molecule has 33 heavy (non-hydrogen) atoms. The fourth-order valence-electron chi connectivity index (χ4n) is 3.92. The lowest BCUT2D eigenvalue weighted by Gasteiger charge is -2.26. The molecule has 1 fully saturated rings. The molecule has 1 saturated heterocycles.